The zero-order valence-corrected chi connectivity index (χ0v) is 10.1. The third-order valence-electron chi connectivity index (χ3n) is 3.19. The maximum Gasteiger partial charge on any atom is 0.184 e. The summed E-state index contributed by atoms with van der Waals surface area (Å²) in [6.07, 6.45) is -0.559. The van der Waals surface area contributed by atoms with Crippen molar-refractivity contribution in [3.63, 3.8) is 0 Å². The lowest BCUT2D eigenvalue weighted by Crippen LogP contribution is -2.33. The molecule has 2 atom stereocenters. The Bertz CT molecular complexity index is 409. The fourth-order valence-corrected chi connectivity index (χ4v) is 2.18. The van der Waals surface area contributed by atoms with Crippen molar-refractivity contribution < 1.29 is 14.6 Å². The molecule has 0 amide bonds. The van der Waals surface area contributed by atoms with Crippen molar-refractivity contribution in [1.29, 1.82) is 0 Å². The van der Waals surface area contributed by atoms with Gasteiger partial charge in [0.05, 0.1) is 26.0 Å². The number of methoxy groups -OCH3 is 2. The van der Waals surface area contributed by atoms with Crippen LogP contribution in [0.2, 0.25) is 0 Å². The molecule has 0 radical (unpaired) electrons. The number of fused-ring (bicyclic) bond motifs is 1. The molecule has 0 aromatic heterocycles. The van der Waals surface area contributed by atoms with Crippen LogP contribution in [0.1, 0.15) is 11.7 Å². The van der Waals surface area contributed by atoms with E-state index < -0.39 is 6.10 Å². The SMILES string of the molecule is COc1ccc2c(c1OC)NC[C@H](CN)[C@H]2O. The van der Waals surface area contributed by atoms with E-state index in [0.717, 1.165) is 11.3 Å². The minimum atomic E-state index is -0.559. The number of hydrogen-bond acceptors (Lipinski definition) is 5. The lowest BCUT2D eigenvalue weighted by molar-refractivity contribution is 0.114. The molecular formula is C12H18N2O3. The van der Waals surface area contributed by atoms with E-state index in [1.165, 1.54) is 0 Å². The molecule has 5 nitrogen and oxygen atoms in total. The smallest absolute Gasteiger partial charge is 0.184 e. The van der Waals surface area contributed by atoms with Crippen LogP contribution in [0.5, 0.6) is 11.5 Å². The molecule has 1 heterocycles. The van der Waals surface area contributed by atoms with E-state index in [1.54, 1.807) is 20.3 Å². The Kier molecular flexibility index (Phi) is 3.40. The molecule has 94 valence electrons. The standard InChI is InChI=1S/C12H18N2O3/c1-16-9-4-3-8-10(12(9)17-2)14-6-7(5-13)11(8)15/h3-4,7,11,14-15H,5-6,13H2,1-2H3/t7-,11+/m0/s1. The molecule has 0 bridgehead atoms. The molecule has 17 heavy (non-hydrogen) atoms. The Morgan fingerprint density at radius 2 is 2.18 bits per heavy atom. The summed E-state index contributed by atoms with van der Waals surface area (Å²) in [6.45, 7) is 1.08. The van der Waals surface area contributed by atoms with Gasteiger partial charge in [-0.25, -0.2) is 0 Å². The number of nitrogens with one attached hydrogen (secondary N) is 1. The van der Waals surface area contributed by atoms with Gasteiger partial charge in [0.1, 0.15) is 0 Å². The third-order valence-corrected chi connectivity index (χ3v) is 3.19. The predicted molar refractivity (Wildman–Crippen MR) is 65.5 cm³/mol. The third kappa shape index (κ3) is 1.92. The number of hydrogen-bond donors (Lipinski definition) is 3. The van der Waals surface area contributed by atoms with Crippen LogP contribution in [0.3, 0.4) is 0 Å². The van der Waals surface area contributed by atoms with Crippen molar-refractivity contribution in [3.05, 3.63) is 17.7 Å². The van der Waals surface area contributed by atoms with Gasteiger partial charge in [-0.05, 0) is 12.6 Å². The van der Waals surface area contributed by atoms with Crippen LogP contribution in [0.25, 0.3) is 0 Å². The molecule has 0 saturated carbocycles. The second-order valence-corrected chi connectivity index (χ2v) is 4.09. The van der Waals surface area contributed by atoms with Gasteiger partial charge in [0, 0.05) is 18.0 Å². The Morgan fingerprint density at radius 3 is 2.76 bits per heavy atom. The van der Waals surface area contributed by atoms with Crippen LogP contribution in [-0.4, -0.2) is 32.4 Å². The van der Waals surface area contributed by atoms with Crippen LogP contribution in [0.4, 0.5) is 5.69 Å². The summed E-state index contributed by atoms with van der Waals surface area (Å²) >= 11 is 0. The summed E-state index contributed by atoms with van der Waals surface area (Å²) in [6, 6.07) is 3.64. The van der Waals surface area contributed by atoms with Crippen LogP contribution in [0.15, 0.2) is 12.1 Å². The van der Waals surface area contributed by atoms with E-state index >= 15 is 0 Å². The molecule has 1 aromatic carbocycles. The van der Waals surface area contributed by atoms with Crippen molar-refractivity contribution in [1.82, 2.24) is 0 Å². The van der Waals surface area contributed by atoms with Gasteiger partial charge >= 0.3 is 0 Å². The Morgan fingerprint density at radius 1 is 1.41 bits per heavy atom. The second-order valence-electron chi connectivity index (χ2n) is 4.09. The van der Waals surface area contributed by atoms with Crippen molar-refractivity contribution in [2.45, 2.75) is 6.10 Å². The number of nitrogens with two attached hydrogens (primary N) is 1. The number of anilines is 1. The van der Waals surface area contributed by atoms with Gasteiger partial charge in [-0.2, -0.15) is 0 Å². The van der Waals surface area contributed by atoms with E-state index in [1.807, 2.05) is 6.07 Å². The number of aliphatic hydroxyl groups excluding tert-OH is 1. The summed E-state index contributed by atoms with van der Waals surface area (Å²) in [5.74, 6) is 1.30. The average Bonchev–Trinajstić information content (AvgIpc) is 2.37. The molecule has 0 unspecified atom stereocenters. The lowest BCUT2D eigenvalue weighted by atomic mass is 9.90. The zero-order valence-electron chi connectivity index (χ0n) is 10.1. The fraction of sp³-hybridized carbons (Fsp3) is 0.500. The van der Waals surface area contributed by atoms with Crippen molar-refractivity contribution in [2.24, 2.45) is 11.7 Å². The van der Waals surface area contributed by atoms with Gasteiger partial charge in [-0.15, -0.1) is 0 Å². The van der Waals surface area contributed by atoms with Gasteiger partial charge in [0.25, 0.3) is 0 Å². The Hall–Kier alpha value is -1.46. The van der Waals surface area contributed by atoms with E-state index in [-0.39, 0.29) is 5.92 Å². The predicted octanol–water partition coefficient (Wildman–Crippen LogP) is 0.738. The second kappa shape index (κ2) is 4.81. The maximum absolute atomic E-state index is 10.2. The van der Waals surface area contributed by atoms with E-state index in [9.17, 15) is 5.11 Å². The first-order valence-corrected chi connectivity index (χ1v) is 5.59. The number of benzene rings is 1. The first-order chi connectivity index (χ1) is 8.22. The molecule has 2 rings (SSSR count). The van der Waals surface area contributed by atoms with E-state index in [4.69, 9.17) is 15.2 Å². The summed E-state index contributed by atoms with van der Waals surface area (Å²) in [4.78, 5) is 0. The summed E-state index contributed by atoms with van der Waals surface area (Å²) in [5, 5.41) is 13.4. The minimum absolute atomic E-state index is 0.0283. The molecule has 1 aliphatic heterocycles. The van der Waals surface area contributed by atoms with E-state index in [0.29, 0.717) is 24.6 Å². The first kappa shape index (κ1) is 12.0. The molecule has 0 saturated heterocycles. The Labute approximate surface area is 101 Å². The topological polar surface area (TPSA) is 76.7 Å². The Balaban J connectivity index is 2.47. The van der Waals surface area contributed by atoms with Gasteiger partial charge in [-0.1, -0.05) is 6.07 Å². The highest BCUT2D eigenvalue weighted by Gasteiger charge is 2.30. The van der Waals surface area contributed by atoms with Crippen LogP contribution < -0.4 is 20.5 Å². The highest BCUT2D eigenvalue weighted by atomic mass is 16.5. The van der Waals surface area contributed by atoms with Gasteiger partial charge in [0.15, 0.2) is 11.5 Å². The first-order valence-electron chi connectivity index (χ1n) is 5.59. The molecule has 0 spiro atoms. The van der Waals surface area contributed by atoms with Gasteiger partial charge < -0.3 is 25.6 Å². The molecule has 5 heteroatoms. The number of ether oxygens (including phenoxy) is 2. The zero-order chi connectivity index (χ0) is 12.4. The monoisotopic (exact) mass is 238 g/mol. The molecule has 1 aliphatic rings. The highest BCUT2D eigenvalue weighted by molar-refractivity contribution is 5.69. The molecule has 0 aliphatic carbocycles. The fourth-order valence-electron chi connectivity index (χ4n) is 2.18. The molecular weight excluding hydrogens is 220 g/mol. The van der Waals surface area contributed by atoms with Gasteiger partial charge in [0.2, 0.25) is 0 Å². The minimum Gasteiger partial charge on any atom is -0.493 e. The molecule has 0 fully saturated rings. The molecule has 1 aromatic rings. The van der Waals surface area contributed by atoms with Crippen LogP contribution >= 0.6 is 0 Å². The largest absolute Gasteiger partial charge is 0.493 e. The van der Waals surface area contributed by atoms with Gasteiger partial charge in [-0.3, -0.25) is 0 Å². The summed E-state index contributed by atoms with van der Waals surface area (Å²) in [5.41, 5.74) is 7.23. The maximum atomic E-state index is 10.2. The van der Waals surface area contributed by atoms with Crippen LogP contribution in [-0.2, 0) is 0 Å². The van der Waals surface area contributed by atoms with Crippen LogP contribution in [0, 0.1) is 5.92 Å². The highest BCUT2D eigenvalue weighted by Crippen LogP contribution is 2.44. The average molecular weight is 238 g/mol. The normalized spacial score (nSPS) is 22.6. The van der Waals surface area contributed by atoms with Crippen molar-refractivity contribution in [3.8, 4) is 11.5 Å². The van der Waals surface area contributed by atoms with Crippen molar-refractivity contribution in [2.75, 3.05) is 32.6 Å². The number of aliphatic hydroxyl groups is 1. The summed E-state index contributed by atoms with van der Waals surface area (Å²) < 4.78 is 10.5. The van der Waals surface area contributed by atoms with Crippen molar-refractivity contribution >= 4 is 5.69 Å². The lowest BCUT2D eigenvalue weighted by Gasteiger charge is -2.31. The number of rotatable bonds is 3. The quantitative estimate of drug-likeness (QED) is 0.724. The van der Waals surface area contributed by atoms with E-state index in [2.05, 4.69) is 5.32 Å². The summed E-state index contributed by atoms with van der Waals surface area (Å²) in [7, 11) is 3.17. The molecule has 4 N–H and O–H groups in total.